The fraction of sp³-hybridized carbons (Fsp3) is 0.200. The Hall–Kier alpha value is -3.68. The molecule has 3 aromatic heterocycles. The molecule has 4 rings (SSSR count). The number of nitrogens with one attached hydrogen (secondary N) is 1. The molecule has 0 aliphatic carbocycles. The first-order chi connectivity index (χ1) is 13.8. The highest BCUT2D eigenvalue weighted by Crippen LogP contribution is 2.16. The van der Waals surface area contributed by atoms with Crippen LogP contribution in [0.5, 0.6) is 0 Å². The molecular formula is C20H20N6O2. The van der Waals surface area contributed by atoms with Crippen molar-refractivity contribution in [3.63, 3.8) is 0 Å². The molecule has 0 unspecified atom stereocenters. The van der Waals surface area contributed by atoms with Crippen LogP contribution in [0.4, 0.5) is 17.5 Å². The van der Waals surface area contributed by atoms with Crippen LogP contribution in [0, 0.1) is 0 Å². The van der Waals surface area contributed by atoms with E-state index in [2.05, 4.69) is 30.1 Å². The lowest BCUT2D eigenvalue weighted by Crippen LogP contribution is -2.47. The van der Waals surface area contributed by atoms with Crippen molar-refractivity contribution in [2.45, 2.75) is 0 Å². The second-order valence-corrected chi connectivity index (χ2v) is 6.27. The monoisotopic (exact) mass is 376 g/mol. The minimum absolute atomic E-state index is 0.267. The van der Waals surface area contributed by atoms with E-state index in [9.17, 15) is 4.79 Å². The Kier molecular flexibility index (Phi) is 5.28. The number of amides is 1. The topological polar surface area (TPSA) is 87.4 Å². The highest BCUT2D eigenvalue weighted by atomic mass is 16.3. The number of pyridine rings is 1. The first-order valence-corrected chi connectivity index (χ1v) is 9.03. The van der Waals surface area contributed by atoms with Crippen molar-refractivity contribution < 1.29 is 9.21 Å². The predicted octanol–water partition coefficient (Wildman–Crippen LogP) is 2.44. The van der Waals surface area contributed by atoms with E-state index in [1.807, 2.05) is 24.4 Å². The van der Waals surface area contributed by atoms with Gasteiger partial charge in [-0.1, -0.05) is 6.07 Å². The number of nitrogens with zero attached hydrogens (tertiary/aromatic N) is 5. The summed E-state index contributed by atoms with van der Waals surface area (Å²) in [6.07, 6.45) is 9.61. The van der Waals surface area contributed by atoms with E-state index in [0.717, 1.165) is 32.0 Å². The number of hydrogen-bond acceptors (Lipinski definition) is 7. The van der Waals surface area contributed by atoms with Gasteiger partial charge < -0.3 is 19.5 Å². The minimum atomic E-state index is -0.267. The molecular weight excluding hydrogens is 356 g/mol. The number of piperazine rings is 1. The summed E-state index contributed by atoms with van der Waals surface area (Å²) >= 11 is 0. The van der Waals surface area contributed by atoms with E-state index < -0.39 is 0 Å². The molecule has 0 spiro atoms. The number of carbonyl (C=O) groups excluding carboxylic acids is 1. The van der Waals surface area contributed by atoms with Gasteiger partial charge in [-0.3, -0.25) is 4.79 Å². The minimum Gasteiger partial charge on any atom is -0.465 e. The smallest absolute Gasteiger partial charge is 0.248 e. The Morgan fingerprint density at radius 3 is 2.46 bits per heavy atom. The third-order valence-electron chi connectivity index (χ3n) is 4.38. The van der Waals surface area contributed by atoms with Gasteiger partial charge in [0.25, 0.3) is 0 Å². The summed E-state index contributed by atoms with van der Waals surface area (Å²) in [4.78, 5) is 29.5. The van der Waals surface area contributed by atoms with Crippen molar-refractivity contribution in [2.75, 3.05) is 41.3 Å². The molecule has 1 fully saturated rings. The Morgan fingerprint density at radius 1 is 1.00 bits per heavy atom. The number of aromatic nitrogens is 3. The first-order valence-electron chi connectivity index (χ1n) is 9.03. The van der Waals surface area contributed by atoms with Crippen molar-refractivity contribution in [1.29, 1.82) is 0 Å². The quantitative estimate of drug-likeness (QED) is 0.684. The van der Waals surface area contributed by atoms with Gasteiger partial charge in [0.05, 0.1) is 24.3 Å². The van der Waals surface area contributed by atoms with Crippen LogP contribution < -0.4 is 15.1 Å². The third kappa shape index (κ3) is 4.35. The second kappa shape index (κ2) is 8.34. The lowest BCUT2D eigenvalue weighted by Gasteiger charge is -2.35. The summed E-state index contributed by atoms with van der Waals surface area (Å²) in [5, 5.41) is 2.74. The van der Waals surface area contributed by atoms with Gasteiger partial charge in [-0.25, -0.2) is 15.0 Å². The van der Waals surface area contributed by atoms with Crippen LogP contribution in [0.3, 0.4) is 0 Å². The predicted molar refractivity (Wildman–Crippen MR) is 107 cm³/mol. The Labute approximate surface area is 162 Å². The van der Waals surface area contributed by atoms with Crippen LogP contribution in [-0.2, 0) is 4.79 Å². The van der Waals surface area contributed by atoms with Crippen molar-refractivity contribution in [2.24, 2.45) is 0 Å². The third-order valence-corrected chi connectivity index (χ3v) is 4.38. The number of hydrogen-bond donors (Lipinski definition) is 1. The number of furan rings is 1. The van der Waals surface area contributed by atoms with Crippen molar-refractivity contribution >= 4 is 29.4 Å². The van der Waals surface area contributed by atoms with Gasteiger partial charge in [0.1, 0.15) is 11.6 Å². The zero-order valence-electron chi connectivity index (χ0n) is 15.2. The van der Waals surface area contributed by atoms with Crippen LogP contribution in [-0.4, -0.2) is 47.0 Å². The summed E-state index contributed by atoms with van der Waals surface area (Å²) in [6, 6.07) is 9.47. The molecule has 142 valence electrons. The summed E-state index contributed by atoms with van der Waals surface area (Å²) in [7, 11) is 0. The van der Waals surface area contributed by atoms with Crippen molar-refractivity contribution in [3.8, 4) is 0 Å². The van der Waals surface area contributed by atoms with E-state index in [4.69, 9.17) is 4.42 Å². The van der Waals surface area contributed by atoms with E-state index in [1.165, 1.54) is 6.08 Å². The molecule has 1 amide bonds. The van der Waals surface area contributed by atoms with Gasteiger partial charge in [0.15, 0.2) is 0 Å². The van der Waals surface area contributed by atoms with Crippen LogP contribution in [0.15, 0.2) is 65.7 Å². The zero-order chi connectivity index (χ0) is 19.2. The Bertz CT molecular complexity index is 917. The van der Waals surface area contributed by atoms with Crippen LogP contribution in [0.25, 0.3) is 6.08 Å². The Morgan fingerprint density at radius 2 is 1.79 bits per heavy atom. The standard InChI is InChI=1S/C20H20N6O2/c27-19(7-6-17-4-3-13-28-17)24-16-14-22-20(23-15-16)26-11-9-25(10-12-26)18-5-1-2-8-21-18/h1-8,13-15H,9-12H2,(H,24,27)/b7-6+. The van der Waals surface area contributed by atoms with Gasteiger partial charge in [0.2, 0.25) is 11.9 Å². The molecule has 1 N–H and O–H groups in total. The van der Waals surface area contributed by atoms with Crippen molar-refractivity contribution in [1.82, 2.24) is 15.0 Å². The zero-order valence-corrected chi connectivity index (χ0v) is 15.2. The lowest BCUT2D eigenvalue weighted by atomic mass is 10.3. The summed E-state index contributed by atoms with van der Waals surface area (Å²) in [5.41, 5.74) is 0.546. The molecule has 0 bridgehead atoms. The van der Waals surface area contributed by atoms with E-state index in [0.29, 0.717) is 17.4 Å². The highest BCUT2D eigenvalue weighted by Gasteiger charge is 2.19. The molecule has 8 nitrogen and oxygen atoms in total. The molecule has 28 heavy (non-hydrogen) atoms. The summed E-state index contributed by atoms with van der Waals surface area (Å²) in [5.74, 6) is 2.00. The van der Waals surface area contributed by atoms with Crippen LogP contribution >= 0.6 is 0 Å². The number of anilines is 3. The fourth-order valence-corrected chi connectivity index (χ4v) is 2.95. The molecule has 1 saturated heterocycles. The molecule has 8 heteroatoms. The van der Waals surface area contributed by atoms with Gasteiger partial charge in [-0.2, -0.15) is 0 Å². The molecule has 4 heterocycles. The van der Waals surface area contributed by atoms with Crippen LogP contribution in [0.1, 0.15) is 5.76 Å². The molecule has 0 atom stereocenters. The molecule has 0 saturated carbocycles. The average Bonchev–Trinajstić information content (AvgIpc) is 3.27. The highest BCUT2D eigenvalue weighted by molar-refractivity contribution is 6.01. The molecule has 0 aromatic carbocycles. The second-order valence-electron chi connectivity index (χ2n) is 6.27. The molecule has 1 aliphatic heterocycles. The average molecular weight is 376 g/mol. The summed E-state index contributed by atoms with van der Waals surface area (Å²) < 4.78 is 5.15. The molecule has 1 aliphatic rings. The number of carbonyl (C=O) groups is 1. The molecule has 0 radical (unpaired) electrons. The van der Waals surface area contributed by atoms with E-state index in [-0.39, 0.29) is 5.91 Å². The Balaban J connectivity index is 1.30. The van der Waals surface area contributed by atoms with E-state index >= 15 is 0 Å². The first kappa shape index (κ1) is 17.7. The fourth-order valence-electron chi connectivity index (χ4n) is 2.95. The van der Waals surface area contributed by atoms with Gasteiger partial charge in [-0.15, -0.1) is 0 Å². The molecule has 3 aromatic rings. The SMILES string of the molecule is O=C(/C=C/c1ccco1)Nc1cnc(N2CCN(c3ccccn3)CC2)nc1. The maximum Gasteiger partial charge on any atom is 0.248 e. The normalized spacial score (nSPS) is 14.4. The van der Waals surface area contributed by atoms with E-state index in [1.54, 1.807) is 36.9 Å². The largest absolute Gasteiger partial charge is 0.465 e. The van der Waals surface area contributed by atoms with Gasteiger partial charge in [0, 0.05) is 38.5 Å². The van der Waals surface area contributed by atoms with Crippen molar-refractivity contribution in [3.05, 3.63) is 67.0 Å². The summed E-state index contributed by atoms with van der Waals surface area (Å²) in [6.45, 7) is 3.34. The maximum absolute atomic E-state index is 11.9. The number of rotatable bonds is 5. The maximum atomic E-state index is 11.9. The van der Waals surface area contributed by atoms with Gasteiger partial charge in [-0.05, 0) is 30.3 Å². The van der Waals surface area contributed by atoms with Gasteiger partial charge >= 0.3 is 0 Å². The van der Waals surface area contributed by atoms with Crippen LogP contribution in [0.2, 0.25) is 0 Å². The lowest BCUT2D eigenvalue weighted by molar-refractivity contribution is -0.111.